The van der Waals surface area contributed by atoms with Crippen molar-refractivity contribution in [3.05, 3.63) is 63.6 Å². The monoisotopic (exact) mass is 586 g/mol. The number of ether oxygens (including phenoxy) is 1. The highest BCUT2D eigenvalue weighted by molar-refractivity contribution is 6.31. The fraction of sp³-hybridized carbons (Fsp3) is 0.548. The van der Waals surface area contributed by atoms with Gasteiger partial charge >= 0.3 is 0 Å². The summed E-state index contributed by atoms with van der Waals surface area (Å²) in [6.07, 6.45) is 1.44. The molecular weight excluding hydrogens is 547 g/mol. The number of carbonyl (C=O) groups is 2. The molecule has 4 N–H and O–H groups in total. The zero-order valence-corrected chi connectivity index (χ0v) is 25.2. The Morgan fingerprint density at radius 2 is 1.90 bits per heavy atom. The number of fused-ring (bicyclic) bond motifs is 2. The van der Waals surface area contributed by atoms with Crippen LogP contribution in [0.3, 0.4) is 0 Å². The molecule has 3 heterocycles. The third-order valence-electron chi connectivity index (χ3n) is 8.86. The highest BCUT2D eigenvalue weighted by Crippen LogP contribution is 2.59. The predicted molar refractivity (Wildman–Crippen MR) is 160 cm³/mol. The van der Waals surface area contributed by atoms with Crippen molar-refractivity contribution in [3.63, 3.8) is 0 Å². The van der Waals surface area contributed by atoms with E-state index in [1.54, 1.807) is 0 Å². The van der Waals surface area contributed by atoms with Crippen LogP contribution in [0.5, 0.6) is 0 Å². The minimum Gasteiger partial charge on any atom is -0.384 e. The Hall–Kier alpha value is -2.32. The summed E-state index contributed by atoms with van der Waals surface area (Å²) < 4.78 is 5.69. The van der Waals surface area contributed by atoms with Crippen LogP contribution >= 0.6 is 23.2 Å². The number of likely N-dealkylation sites (N-methyl/N-ethyl adjacent to an activating group) is 1. The van der Waals surface area contributed by atoms with E-state index in [1.165, 1.54) is 5.56 Å². The second kappa shape index (κ2) is 11.2. The Balaban J connectivity index is 1.62. The van der Waals surface area contributed by atoms with Gasteiger partial charge in [0.25, 0.3) is 0 Å². The normalized spacial score (nSPS) is 30.2. The van der Waals surface area contributed by atoms with E-state index in [2.05, 4.69) is 55.4 Å². The molecule has 0 aromatic heterocycles. The van der Waals surface area contributed by atoms with Crippen LogP contribution in [0.4, 0.5) is 5.69 Å². The smallest absolute Gasteiger partial charge is 0.246 e. The quantitative estimate of drug-likeness (QED) is 0.437. The van der Waals surface area contributed by atoms with E-state index in [0.29, 0.717) is 36.0 Å². The molecule has 5 rings (SSSR count). The molecule has 216 valence electrons. The molecular formula is C31H40Cl2N4O3. The van der Waals surface area contributed by atoms with E-state index in [4.69, 9.17) is 33.7 Å². The number of nitrogens with zero attached hydrogens (tertiary/aromatic N) is 1. The van der Waals surface area contributed by atoms with E-state index < -0.39 is 23.5 Å². The van der Waals surface area contributed by atoms with E-state index >= 15 is 0 Å². The van der Waals surface area contributed by atoms with E-state index in [1.807, 2.05) is 30.3 Å². The number of benzene rings is 2. The number of halogens is 2. The Morgan fingerprint density at radius 1 is 1.15 bits per heavy atom. The fourth-order valence-electron chi connectivity index (χ4n) is 7.30. The lowest BCUT2D eigenvalue weighted by Crippen LogP contribution is -2.53. The molecule has 0 aliphatic carbocycles. The molecule has 2 amide bonds. The van der Waals surface area contributed by atoms with Gasteiger partial charge in [-0.05, 0) is 66.6 Å². The molecule has 1 spiro atoms. The summed E-state index contributed by atoms with van der Waals surface area (Å²) in [7, 11) is 0. The topological polar surface area (TPSA) is 96.7 Å². The van der Waals surface area contributed by atoms with Crippen LogP contribution in [-0.4, -0.2) is 60.6 Å². The lowest BCUT2D eigenvalue weighted by molar-refractivity contribution is -0.135. The first-order valence-corrected chi connectivity index (χ1v) is 15.0. The molecule has 0 radical (unpaired) electrons. The van der Waals surface area contributed by atoms with E-state index in [0.717, 1.165) is 17.7 Å². The third kappa shape index (κ3) is 5.34. The summed E-state index contributed by atoms with van der Waals surface area (Å²) in [5, 5.41) is 8.28. The largest absolute Gasteiger partial charge is 0.384 e. The van der Waals surface area contributed by atoms with Crippen LogP contribution in [0.15, 0.2) is 42.5 Å². The maximum Gasteiger partial charge on any atom is 0.246 e. The summed E-state index contributed by atoms with van der Waals surface area (Å²) in [6, 6.07) is 13.5. The van der Waals surface area contributed by atoms with Gasteiger partial charge in [-0.2, -0.15) is 0 Å². The number of anilines is 1. The highest BCUT2D eigenvalue weighted by atomic mass is 35.5. The molecule has 3 aliphatic heterocycles. The molecule has 2 aromatic rings. The van der Waals surface area contributed by atoms with Crippen LogP contribution in [0, 0.1) is 5.41 Å². The molecule has 3 aliphatic rings. The van der Waals surface area contributed by atoms with Crippen LogP contribution in [0.25, 0.3) is 0 Å². The number of rotatable bonds is 6. The molecule has 9 heteroatoms. The molecule has 6 atom stereocenters. The van der Waals surface area contributed by atoms with Gasteiger partial charge in [0.15, 0.2) is 0 Å². The predicted octanol–water partition coefficient (Wildman–Crippen LogP) is 5.10. The Labute approximate surface area is 247 Å². The van der Waals surface area contributed by atoms with Gasteiger partial charge in [0.2, 0.25) is 11.8 Å². The molecule has 0 unspecified atom stereocenters. The van der Waals surface area contributed by atoms with Gasteiger partial charge in [-0.3, -0.25) is 14.5 Å². The molecule has 0 saturated carbocycles. The summed E-state index contributed by atoms with van der Waals surface area (Å²) in [5.41, 5.74) is 8.32. The number of nitrogens with one attached hydrogen (secondary N) is 2. The maximum atomic E-state index is 14.4. The fourth-order valence-corrected chi connectivity index (χ4v) is 7.68. The van der Waals surface area contributed by atoms with Gasteiger partial charge in [-0.25, -0.2) is 0 Å². The Kier molecular flexibility index (Phi) is 8.14. The second-order valence-electron chi connectivity index (χ2n) is 12.7. The molecule has 2 saturated heterocycles. The van der Waals surface area contributed by atoms with Crippen molar-refractivity contribution in [2.75, 3.05) is 25.0 Å². The Morgan fingerprint density at radius 3 is 2.52 bits per heavy atom. The number of amides is 2. The first-order chi connectivity index (χ1) is 18.9. The molecule has 2 fully saturated rings. The molecule has 7 nitrogen and oxygen atoms in total. The van der Waals surface area contributed by atoms with Crippen molar-refractivity contribution in [1.29, 1.82) is 0 Å². The highest BCUT2D eigenvalue weighted by Gasteiger charge is 2.64. The minimum absolute atomic E-state index is 0.0193. The molecule has 2 aromatic carbocycles. The standard InChI is InChI=1S/C31H40Cl2N4O3/c1-5-37-25(15-30(2,3)4)31(17-35-23-14-20(33)9-11-22(23)31)26(18-7-6-8-19(32)13-18)27(37)29(39)36-21-10-12-24(28(34)38)40-16-21/h6-9,11,13-14,21,24-27,35H,5,10,12,15-17H2,1-4H3,(H2,34,38)(H,36,39)/t21-,24+,25+,26+,27-,31+/m1/s1. The number of likely N-dealkylation sites (tertiary alicyclic amines) is 1. The van der Waals surface area contributed by atoms with Crippen molar-refractivity contribution in [2.24, 2.45) is 11.1 Å². The average molecular weight is 588 g/mol. The van der Waals surface area contributed by atoms with Crippen molar-refractivity contribution in [2.45, 2.75) is 82.5 Å². The van der Waals surface area contributed by atoms with Crippen LogP contribution in [0.2, 0.25) is 10.0 Å². The van der Waals surface area contributed by atoms with Gasteiger partial charge < -0.3 is 21.1 Å². The minimum atomic E-state index is -0.599. The van der Waals surface area contributed by atoms with Crippen molar-refractivity contribution in [3.8, 4) is 0 Å². The van der Waals surface area contributed by atoms with Crippen molar-refractivity contribution in [1.82, 2.24) is 10.2 Å². The zero-order valence-electron chi connectivity index (χ0n) is 23.7. The first-order valence-electron chi connectivity index (χ1n) is 14.2. The number of hydrogen-bond acceptors (Lipinski definition) is 5. The SMILES string of the molecule is CCN1[C@@H](CC(C)(C)C)[C@@]2(CNc3cc(Cl)ccc32)[C@@H](c2cccc(Cl)c2)[C@@H]1C(=O)N[C@@H]1CC[C@@H](C(N)=O)OC1. The van der Waals surface area contributed by atoms with Crippen LogP contribution < -0.4 is 16.4 Å². The third-order valence-corrected chi connectivity index (χ3v) is 9.33. The average Bonchev–Trinajstić information content (AvgIpc) is 3.39. The second-order valence-corrected chi connectivity index (χ2v) is 13.6. The van der Waals surface area contributed by atoms with Crippen molar-refractivity contribution < 1.29 is 14.3 Å². The lowest BCUT2D eigenvalue weighted by atomic mass is 9.63. The van der Waals surface area contributed by atoms with Gasteiger partial charge in [0.05, 0.1) is 18.7 Å². The summed E-state index contributed by atoms with van der Waals surface area (Å²) in [6.45, 7) is 10.6. The summed E-state index contributed by atoms with van der Waals surface area (Å²) >= 11 is 13.0. The zero-order chi connectivity index (χ0) is 28.8. The van der Waals surface area contributed by atoms with Crippen LogP contribution in [0.1, 0.15) is 64.0 Å². The van der Waals surface area contributed by atoms with Gasteiger partial charge in [0.1, 0.15) is 6.10 Å². The first kappa shape index (κ1) is 29.2. The number of hydrogen-bond donors (Lipinski definition) is 3. The van der Waals surface area contributed by atoms with Gasteiger partial charge in [0, 0.05) is 39.7 Å². The number of primary amides is 1. The summed E-state index contributed by atoms with van der Waals surface area (Å²) in [5.74, 6) is -0.661. The van der Waals surface area contributed by atoms with E-state index in [9.17, 15) is 9.59 Å². The molecule has 40 heavy (non-hydrogen) atoms. The van der Waals surface area contributed by atoms with Crippen LogP contribution in [-0.2, 0) is 19.7 Å². The maximum absolute atomic E-state index is 14.4. The van der Waals surface area contributed by atoms with Gasteiger partial charge in [-0.15, -0.1) is 0 Å². The Bertz CT molecular complexity index is 1270. The van der Waals surface area contributed by atoms with Crippen molar-refractivity contribution >= 4 is 40.7 Å². The number of nitrogens with two attached hydrogens (primary N) is 1. The number of carbonyl (C=O) groups excluding carboxylic acids is 2. The van der Waals surface area contributed by atoms with Gasteiger partial charge in [-0.1, -0.05) is 69.1 Å². The lowest BCUT2D eigenvalue weighted by Gasteiger charge is -2.41. The molecule has 0 bridgehead atoms. The van der Waals surface area contributed by atoms with E-state index in [-0.39, 0.29) is 35.9 Å². The summed E-state index contributed by atoms with van der Waals surface area (Å²) in [4.78, 5) is 28.4.